The van der Waals surface area contributed by atoms with E-state index in [1.165, 1.54) is 12.1 Å². The quantitative estimate of drug-likeness (QED) is 0.559. The van der Waals surface area contributed by atoms with Gasteiger partial charge in [-0.3, -0.25) is 30.0 Å². The molecule has 8 heteroatoms. The van der Waals surface area contributed by atoms with Crippen LogP contribution in [0.5, 0.6) is 0 Å². The average Bonchev–Trinajstić information content (AvgIpc) is 2.52. The van der Waals surface area contributed by atoms with Gasteiger partial charge in [0, 0.05) is 30.5 Å². The number of nitrogens with one attached hydrogen (secondary N) is 3. The van der Waals surface area contributed by atoms with Crippen LogP contribution in [0.1, 0.15) is 43.0 Å². The molecule has 0 saturated carbocycles. The van der Waals surface area contributed by atoms with E-state index in [0.29, 0.717) is 17.7 Å². The van der Waals surface area contributed by atoms with E-state index in [-0.39, 0.29) is 25.2 Å². The zero-order valence-corrected chi connectivity index (χ0v) is 12.7. The summed E-state index contributed by atoms with van der Waals surface area (Å²) in [5, 5.41) is 11.1. The summed E-state index contributed by atoms with van der Waals surface area (Å²) < 4.78 is 0. The number of carboxylic acids is 1. The minimum absolute atomic E-state index is 0.00850. The third-order valence-electron chi connectivity index (χ3n) is 2.86. The molecular formula is C15H19N3O5. The number of rotatable bonds is 7. The lowest BCUT2D eigenvalue weighted by molar-refractivity contribution is -0.137. The minimum atomic E-state index is -0.975. The van der Waals surface area contributed by atoms with Crippen LogP contribution in [0.2, 0.25) is 0 Å². The first-order chi connectivity index (χ1) is 10.9. The number of anilines is 1. The van der Waals surface area contributed by atoms with Crippen molar-refractivity contribution in [2.75, 3.05) is 5.32 Å². The summed E-state index contributed by atoms with van der Waals surface area (Å²) in [7, 11) is 0. The lowest BCUT2D eigenvalue weighted by Crippen LogP contribution is -2.41. The molecule has 0 radical (unpaired) electrons. The molecule has 0 aliphatic carbocycles. The zero-order chi connectivity index (χ0) is 17.2. The van der Waals surface area contributed by atoms with Gasteiger partial charge >= 0.3 is 5.97 Å². The van der Waals surface area contributed by atoms with Gasteiger partial charge in [-0.05, 0) is 30.7 Å². The Morgan fingerprint density at radius 3 is 2.17 bits per heavy atom. The Bertz CT molecular complexity index is 583. The van der Waals surface area contributed by atoms with E-state index in [2.05, 4.69) is 16.2 Å². The Labute approximate surface area is 133 Å². The molecule has 0 aromatic heterocycles. The van der Waals surface area contributed by atoms with Crippen LogP contribution in [-0.2, 0) is 14.4 Å². The van der Waals surface area contributed by atoms with Gasteiger partial charge < -0.3 is 10.4 Å². The molecule has 8 nitrogen and oxygen atoms in total. The molecule has 4 N–H and O–H groups in total. The van der Waals surface area contributed by atoms with Crippen LogP contribution in [0.4, 0.5) is 5.69 Å². The van der Waals surface area contributed by atoms with Gasteiger partial charge in [-0.25, -0.2) is 0 Å². The van der Waals surface area contributed by atoms with Crippen LogP contribution in [0.25, 0.3) is 0 Å². The number of hydrazine groups is 1. The fourth-order valence-electron chi connectivity index (χ4n) is 1.62. The van der Waals surface area contributed by atoms with Gasteiger partial charge in [-0.2, -0.15) is 0 Å². The van der Waals surface area contributed by atoms with Crippen molar-refractivity contribution in [3.63, 3.8) is 0 Å². The third kappa shape index (κ3) is 7.07. The monoisotopic (exact) mass is 321 g/mol. The molecule has 1 aromatic carbocycles. The fraction of sp³-hybridized carbons (Fsp3) is 0.333. The number of hydrogen-bond donors (Lipinski definition) is 4. The normalized spacial score (nSPS) is 9.78. The second-order valence-corrected chi connectivity index (χ2v) is 4.73. The van der Waals surface area contributed by atoms with Crippen LogP contribution in [-0.4, -0.2) is 28.8 Å². The van der Waals surface area contributed by atoms with Gasteiger partial charge in [-0.1, -0.05) is 6.92 Å². The smallest absolute Gasteiger partial charge is 0.303 e. The lowest BCUT2D eigenvalue weighted by atomic mass is 10.2. The SMILES string of the molecule is CCC(=O)Nc1ccc(C(=O)NNC(=O)CCCC(=O)O)cc1. The molecule has 0 aliphatic rings. The summed E-state index contributed by atoms with van der Waals surface area (Å²) in [6.45, 7) is 1.73. The van der Waals surface area contributed by atoms with Crippen LogP contribution in [0.15, 0.2) is 24.3 Å². The van der Waals surface area contributed by atoms with Crippen molar-refractivity contribution in [3.05, 3.63) is 29.8 Å². The largest absolute Gasteiger partial charge is 0.481 e. The summed E-state index contributed by atoms with van der Waals surface area (Å²) in [5.74, 6) is -2.08. The van der Waals surface area contributed by atoms with E-state index < -0.39 is 17.8 Å². The molecule has 1 aromatic rings. The summed E-state index contributed by atoms with van der Waals surface area (Å²) in [4.78, 5) is 44.8. The highest BCUT2D eigenvalue weighted by Gasteiger charge is 2.08. The molecule has 3 amide bonds. The van der Waals surface area contributed by atoms with Crippen molar-refractivity contribution in [2.45, 2.75) is 32.6 Å². The molecule has 124 valence electrons. The van der Waals surface area contributed by atoms with Gasteiger partial charge in [0.05, 0.1) is 0 Å². The van der Waals surface area contributed by atoms with Crippen molar-refractivity contribution in [2.24, 2.45) is 0 Å². The molecular weight excluding hydrogens is 302 g/mol. The Hall–Kier alpha value is -2.90. The Kier molecular flexibility index (Phi) is 7.25. The van der Waals surface area contributed by atoms with Gasteiger partial charge in [0.25, 0.3) is 5.91 Å². The fourth-order valence-corrected chi connectivity index (χ4v) is 1.62. The second-order valence-electron chi connectivity index (χ2n) is 4.73. The maximum absolute atomic E-state index is 11.8. The van der Waals surface area contributed by atoms with Crippen LogP contribution in [0, 0.1) is 0 Å². The van der Waals surface area contributed by atoms with E-state index >= 15 is 0 Å². The van der Waals surface area contributed by atoms with Gasteiger partial charge in [0.15, 0.2) is 0 Å². The molecule has 0 bridgehead atoms. The summed E-state index contributed by atoms with van der Waals surface area (Å²) in [6, 6.07) is 6.18. The highest BCUT2D eigenvalue weighted by molar-refractivity contribution is 5.96. The van der Waals surface area contributed by atoms with Gasteiger partial charge in [0.1, 0.15) is 0 Å². The molecule has 0 spiro atoms. The highest BCUT2D eigenvalue weighted by atomic mass is 16.4. The summed E-state index contributed by atoms with van der Waals surface area (Å²) in [6.07, 6.45) is 0.458. The average molecular weight is 321 g/mol. The summed E-state index contributed by atoms with van der Waals surface area (Å²) in [5.41, 5.74) is 5.33. The molecule has 1 rings (SSSR count). The van der Waals surface area contributed by atoms with E-state index in [0.717, 1.165) is 0 Å². The number of carbonyl (C=O) groups is 4. The van der Waals surface area contributed by atoms with Crippen molar-refractivity contribution in [3.8, 4) is 0 Å². The topological polar surface area (TPSA) is 125 Å². The molecule has 0 unspecified atom stereocenters. The number of carboxylic acid groups (broad SMARTS) is 1. The predicted octanol–water partition coefficient (Wildman–Crippen LogP) is 1.05. The number of aliphatic carboxylic acids is 1. The van der Waals surface area contributed by atoms with E-state index in [9.17, 15) is 19.2 Å². The standard InChI is InChI=1S/C15H19N3O5/c1-2-12(19)16-11-8-6-10(7-9-11)15(23)18-17-13(20)4-3-5-14(21)22/h6-9H,2-5H2,1H3,(H,16,19)(H,17,20)(H,18,23)(H,21,22). The molecule has 0 atom stereocenters. The number of benzene rings is 1. The molecule has 0 saturated heterocycles. The van der Waals surface area contributed by atoms with Gasteiger partial charge in [0.2, 0.25) is 11.8 Å². The first kappa shape index (κ1) is 18.1. The molecule has 0 aliphatic heterocycles. The number of hydrogen-bond acceptors (Lipinski definition) is 4. The Balaban J connectivity index is 2.41. The van der Waals surface area contributed by atoms with E-state index in [1.807, 2.05) is 0 Å². The van der Waals surface area contributed by atoms with E-state index in [1.54, 1.807) is 19.1 Å². The van der Waals surface area contributed by atoms with Crippen molar-refractivity contribution >= 4 is 29.4 Å². The van der Waals surface area contributed by atoms with Crippen molar-refractivity contribution < 1.29 is 24.3 Å². The van der Waals surface area contributed by atoms with Crippen molar-refractivity contribution in [1.29, 1.82) is 0 Å². The maximum Gasteiger partial charge on any atom is 0.303 e. The molecule has 0 heterocycles. The third-order valence-corrected chi connectivity index (χ3v) is 2.86. The minimum Gasteiger partial charge on any atom is -0.481 e. The first-order valence-electron chi connectivity index (χ1n) is 7.13. The van der Waals surface area contributed by atoms with E-state index in [4.69, 9.17) is 5.11 Å². The maximum atomic E-state index is 11.8. The lowest BCUT2D eigenvalue weighted by Gasteiger charge is -2.08. The predicted molar refractivity (Wildman–Crippen MR) is 82.5 cm³/mol. The Morgan fingerprint density at radius 2 is 1.61 bits per heavy atom. The summed E-state index contributed by atoms with van der Waals surface area (Å²) >= 11 is 0. The molecule has 0 fully saturated rings. The number of carbonyl (C=O) groups excluding carboxylic acids is 3. The van der Waals surface area contributed by atoms with Crippen molar-refractivity contribution in [1.82, 2.24) is 10.9 Å². The molecule has 23 heavy (non-hydrogen) atoms. The number of amides is 3. The van der Waals surface area contributed by atoms with Crippen LogP contribution >= 0.6 is 0 Å². The highest BCUT2D eigenvalue weighted by Crippen LogP contribution is 2.09. The zero-order valence-electron chi connectivity index (χ0n) is 12.7. The first-order valence-corrected chi connectivity index (χ1v) is 7.13. The van der Waals surface area contributed by atoms with Crippen LogP contribution < -0.4 is 16.2 Å². The van der Waals surface area contributed by atoms with Crippen LogP contribution in [0.3, 0.4) is 0 Å². The Morgan fingerprint density at radius 1 is 0.957 bits per heavy atom. The second kappa shape index (κ2) is 9.19. The van der Waals surface area contributed by atoms with Gasteiger partial charge in [-0.15, -0.1) is 0 Å².